The van der Waals surface area contributed by atoms with Gasteiger partial charge >= 0.3 is 0 Å². The Hall–Kier alpha value is -5.31. The zero-order chi connectivity index (χ0) is 25.2. The number of amides is 3. The number of benzene rings is 4. The maximum Gasteiger partial charge on any atom is 0.270 e. The van der Waals surface area contributed by atoms with Crippen LogP contribution >= 0.6 is 0 Å². The van der Waals surface area contributed by atoms with Crippen molar-refractivity contribution in [1.29, 1.82) is 0 Å². The van der Waals surface area contributed by atoms with Crippen LogP contribution < -0.4 is 15.0 Å². The molecule has 4 aromatic rings. The third-order valence-corrected chi connectivity index (χ3v) is 5.54. The number of anilines is 2. The topological polar surface area (TPSA) is 119 Å². The molecule has 1 aliphatic heterocycles. The molecule has 0 radical (unpaired) electrons. The number of nitrogens with one attached hydrogen (secondary N) is 1. The molecule has 0 atom stereocenters. The fourth-order valence-electron chi connectivity index (χ4n) is 3.80. The van der Waals surface area contributed by atoms with E-state index in [1.54, 1.807) is 24.3 Å². The van der Waals surface area contributed by atoms with E-state index in [9.17, 15) is 24.5 Å². The lowest BCUT2D eigenvalue weighted by Crippen LogP contribution is -2.29. The summed E-state index contributed by atoms with van der Waals surface area (Å²) in [6, 6.07) is 25.4. The van der Waals surface area contributed by atoms with Crippen molar-refractivity contribution >= 4 is 34.8 Å². The molecule has 0 saturated carbocycles. The van der Waals surface area contributed by atoms with Crippen molar-refractivity contribution in [3.8, 4) is 11.5 Å². The van der Waals surface area contributed by atoms with Crippen molar-refractivity contribution in [2.45, 2.75) is 0 Å². The van der Waals surface area contributed by atoms with Crippen LogP contribution in [0.1, 0.15) is 31.1 Å². The lowest BCUT2D eigenvalue weighted by Gasteiger charge is -2.14. The van der Waals surface area contributed by atoms with Gasteiger partial charge in [0.2, 0.25) is 0 Å². The van der Waals surface area contributed by atoms with E-state index in [1.807, 2.05) is 30.3 Å². The molecule has 0 spiro atoms. The van der Waals surface area contributed by atoms with E-state index in [4.69, 9.17) is 4.74 Å². The molecule has 0 saturated heterocycles. The number of nitrogens with zero attached hydrogens (tertiary/aromatic N) is 2. The normalized spacial score (nSPS) is 12.3. The highest BCUT2D eigenvalue weighted by Gasteiger charge is 2.37. The van der Waals surface area contributed by atoms with Gasteiger partial charge in [0.25, 0.3) is 23.4 Å². The molecule has 0 bridgehead atoms. The van der Waals surface area contributed by atoms with Gasteiger partial charge in [0.05, 0.1) is 21.7 Å². The van der Waals surface area contributed by atoms with Gasteiger partial charge in [-0.1, -0.05) is 24.3 Å². The van der Waals surface area contributed by atoms with Gasteiger partial charge in [-0.3, -0.25) is 24.5 Å². The summed E-state index contributed by atoms with van der Waals surface area (Å²) in [5.74, 6) is -0.388. The predicted molar refractivity (Wildman–Crippen MR) is 132 cm³/mol. The fraction of sp³-hybridized carbons (Fsp3) is 0. The van der Waals surface area contributed by atoms with Crippen LogP contribution in [0.4, 0.5) is 17.1 Å². The Bertz CT molecular complexity index is 1520. The minimum atomic E-state index is -0.592. The van der Waals surface area contributed by atoms with Crippen LogP contribution in [-0.4, -0.2) is 22.6 Å². The first-order valence-electron chi connectivity index (χ1n) is 10.8. The zero-order valence-electron chi connectivity index (χ0n) is 18.6. The summed E-state index contributed by atoms with van der Waals surface area (Å²) in [7, 11) is 0. The smallest absolute Gasteiger partial charge is 0.270 e. The highest BCUT2D eigenvalue weighted by Crippen LogP contribution is 2.32. The molecule has 0 aromatic heterocycles. The Balaban J connectivity index is 1.34. The van der Waals surface area contributed by atoms with Gasteiger partial charge in [-0.05, 0) is 60.7 Å². The lowest BCUT2D eigenvalue weighted by atomic mass is 10.1. The second kappa shape index (κ2) is 9.15. The number of hydrogen-bond acceptors (Lipinski definition) is 6. The van der Waals surface area contributed by atoms with Gasteiger partial charge in [-0.15, -0.1) is 0 Å². The highest BCUT2D eigenvalue weighted by atomic mass is 16.6. The Kier molecular flexibility index (Phi) is 5.71. The van der Waals surface area contributed by atoms with Crippen LogP contribution in [0.15, 0.2) is 97.1 Å². The van der Waals surface area contributed by atoms with E-state index in [0.29, 0.717) is 17.2 Å². The Morgan fingerprint density at radius 2 is 1.47 bits per heavy atom. The first kappa shape index (κ1) is 22.5. The van der Waals surface area contributed by atoms with Gasteiger partial charge < -0.3 is 10.1 Å². The first-order valence-corrected chi connectivity index (χ1v) is 10.8. The highest BCUT2D eigenvalue weighted by molar-refractivity contribution is 6.34. The number of imide groups is 1. The number of hydrogen-bond donors (Lipinski definition) is 1. The van der Waals surface area contributed by atoms with E-state index >= 15 is 0 Å². The monoisotopic (exact) mass is 479 g/mol. The van der Waals surface area contributed by atoms with Crippen molar-refractivity contribution in [1.82, 2.24) is 0 Å². The Morgan fingerprint density at radius 3 is 2.19 bits per heavy atom. The maximum atomic E-state index is 13.1. The van der Waals surface area contributed by atoms with Crippen LogP contribution in [0, 0.1) is 10.1 Å². The predicted octanol–water partition coefficient (Wildman–Crippen LogP) is 5.44. The summed E-state index contributed by atoms with van der Waals surface area (Å²) >= 11 is 0. The second-order valence-corrected chi connectivity index (χ2v) is 7.88. The van der Waals surface area contributed by atoms with Crippen molar-refractivity contribution in [3.05, 3.63) is 124 Å². The molecule has 0 unspecified atom stereocenters. The fourth-order valence-corrected chi connectivity index (χ4v) is 3.80. The largest absolute Gasteiger partial charge is 0.457 e. The summed E-state index contributed by atoms with van der Waals surface area (Å²) in [5.41, 5.74) is 0.878. The molecule has 9 heteroatoms. The summed E-state index contributed by atoms with van der Waals surface area (Å²) in [6.45, 7) is 0. The molecule has 1 heterocycles. The van der Waals surface area contributed by atoms with Gasteiger partial charge in [0.15, 0.2) is 0 Å². The lowest BCUT2D eigenvalue weighted by molar-refractivity contribution is -0.384. The molecule has 0 fully saturated rings. The molecule has 4 aromatic carbocycles. The van der Waals surface area contributed by atoms with Crippen molar-refractivity contribution in [2.75, 3.05) is 10.2 Å². The molecule has 0 aliphatic carbocycles. The molecule has 1 aliphatic rings. The number of non-ortho nitro benzene ring substituents is 1. The van der Waals surface area contributed by atoms with Crippen LogP contribution in [0.25, 0.3) is 0 Å². The number of fused-ring (bicyclic) bond motifs is 1. The van der Waals surface area contributed by atoms with Crippen LogP contribution in [0.3, 0.4) is 0 Å². The molecular weight excluding hydrogens is 462 g/mol. The van der Waals surface area contributed by atoms with Crippen LogP contribution in [0.2, 0.25) is 0 Å². The van der Waals surface area contributed by atoms with E-state index in [2.05, 4.69) is 5.32 Å². The SMILES string of the molecule is O=C(Nc1ccc2c(c1)C(=O)N(c1ccc(Oc3ccccc3)cc1)C2=O)c1cccc([N+](=O)[O-])c1. The minimum Gasteiger partial charge on any atom is -0.457 e. The van der Waals surface area contributed by atoms with Gasteiger partial charge in [0, 0.05) is 23.4 Å². The van der Waals surface area contributed by atoms with Crippen LogP contribution in [-0.2, 0) is 0 Å². The van der Waals surface area contributed by atoms with E-state index in [0.717, 1.165) is 11.0 Å². The summed E-state index contributed by atoms with van der Waals surface area (Å²) in [5, 5.41) is 13.6. The number of ether oxygens (including phenoxy) is 1. The summed E-state index contributed by atoms with van der Waals surface area (Å²) in [4.78, 5) is 50.1. The third kappa shape index (κ3) is 4.28. The van der Waals surface area contributed by atoms with E-state index in [-0.39, 0.29) is 28.1 Å². The zero-order valence-corrected chi connectivity index (χ0v) is 18.6. The average Bonchev–Trinajstić information content (AvgIpc) is 3.14. The Morgan fingerprint density at radius 1 is 0.778 bits per heavy atom. The number of nitro benzene ring substituents is 1. The standard InChI is InChI=1S/C27H17N3O6/c31-25(17-5-4-6-20(15-17)30(34)35)28-18-9-14-23-24(16-18)27(33)29(26(23)32)19-10-12-22(13-11-19)36-21-7-2-1-3-8-21/h1-16H,(H,28,31). The first-order chi connectivity index (χ1) is 17.4. The van der Waals surface area contributed by atoms with Gasteiger partial charge in [0.1, 0.15) is 11.5 Å². The van der Waals surface area contributed by atoms with Gasteiger partial charge in [-0.25, -0.2) is 4.90 Å². The average molecular weight is 479 g/mol. The van der Waals surface area contributed by atoms with Gasteiger partial charge in [-0.2, -0.15) is 0 Å². The number of carbonyl (C=O) groups is 3. The molecule has 5 rings (SSSR count). The van der Waals surface area contributed by atoms with Crippen molar-refractivity contribution in [2.24, 2.45) is 0 Å². The Labute approximate surface area is 204 Å². The number of nitro groups is 1. The molecule has 1 N–H and O–H groups in total. The molecule has 36 heavy (non-hydrogen) atoms. The summed E-state index contributed by atoms with van der Waals surface area (Å²) in [6.07, 6.45) is 0. The number of rotatable bonds is 6. The number of para-hydroxylation sites is 1. The van der Waals surface area contributed by atoms with Crippen molar-refractivity contribution < 1.29 is 24.0 Å². The minimum absolute atomic E-state index is 0.0894. The van der Waals surface area contributed by atoms with E-state index in [1.165, 1.54) is 36.4 Å². The molecule has 3 amide bonds. The summed E-state index contributed by atoms with van der Waals surface area (Å²) < 4.78 is 5.76. The maximum absolute atomic E-state index is 13.1. The molecular formula is C27H17N3O6. The number of carbonyl (C=O) groups excluding carboxylic acids is 3. The molecule has 176 valence electrons. The quantitative estimate of drug-likeness (QED) is 0.223. The molecule has 9 nitrogen and oxygen atoms in total. The van der Waals surface area contributed by atoms with Crippen LogP contribution in [0.5, 0.6) is 11.5 Å². The van der Waals surface area contributed by atoms with E-state index < -0.39 is 22.6 Å². The third-order valence-electron chi connectivity index (χ3n) is 5.54. The van der Waals surface area contributed by atoms with Crippen molar-refractivity contribution in [3.63, 3.8) is 0 Å². The second-order valence-electron chi connectivity index (χ2n) is 7.88.